The fraction of sp³-hybridized carbons (Fsp3) is 0.368. The molecular formula is C19H21N5OS2. The molecule has 2 aromatic heterocycles. The summed E-state index contributed by atoms with van der Waals surface area (Å²) in [6.45, 7) is 4.15. The van der Waals surface area contributed by atoms with Gasteiger partial charge in [0, 0.05) is 30.5 Å². The molecule has 1 fully saturated rings. The summed E-state index contributed by atoms with van der Waals surface area (Å²) in [5.74, 6) is 2.28. The van der Waals surface area contributed by atoms with Crippen LogP contribution < -0.4 is 4.90 Å². The molecule has 0 unspecified atom stereocenters. The zero-order valence-electron chi connectivity index (χ0n) is 15.3. The maximum absolute atomic E-state index is 11.7. The van der Waals surface area contributed by atoms with Crippen molar-refractivity contribution in [2.75, 3.05) is 11.4 Å². The molecule has 4 rings (SSSR count). The Bertz CT molecular complexity index is 933. The molecule has 0 N–H and O–H groups in total. The number of carbonyl (C=O) groups excluding carboxylic acids is 1. The number of hydrogen-bond acceptors (Lipinski definition) is 6. The highest BCUT2D eigenvalue weighted by Crippen LogP contribution is 2.40. The van der Waals surface area contributed by atoms with Crippen LogP contribution in [0.15, 0.2) is 40.9 Å². The molecule has 140 valence electrons. The Balaban J connectivity index is 1.49. The summed E-state index contributed by atoms with van der Waals surface area (Å²) in [5, 5.41) is 8.25. The Morgan fingerprint density at radius 2 is 2.07 bits per heavy atom. The van der Waals surface area contributed by atoms with Crippen LogP contribution in [0.25, 0.3) is 5.69 Å². The molecule has 0 spiro atoms. The Hall–Kier alpha value is -2.19. The van der Waals surface area contributed by atoms with E-state index in [1.807, 2.05) is 35.2 Å². The molecule has 0 atom stereocenters. The molecule has 1 aromatic carbocycles. The summed E-state index contributed by atoms with van der Waals surface area (Å²) in [5.41, 5.74) is 2.00. The van der Waals surface area contributed by atoms with Gasteiger partial charge in [0.25, 0.3) is 0 Å². The van der Waals surface area contributed by atoms with Crippen molar-refractivity contribution in [1.29, 1.82) is 0 Å². The van der Waals surface area contributed by atoms with Crippen molar-refractivity contribution in [2.24, 2.45) is 0 Å². The highest BCUT2D eigenvalue weighted by atomic mass is 32.2. The normalized spacial score (nSPS) is 13.7. The van der Waals surface area contributed by atoms with Gasteiger partial charge in [0.2, 0.25) is 11.1 Å². The summed E-state index contributed by atoms with van der Waals surface area (Å²) >= 11 is 3.09. The first-order chi connectivity index (χ1) is 13.2. The summed E-state index contributed by atoms with van der Waals surface area (Å²) in [6.07, 6.45) is 2.37. The number of rotatable bonds is 7. The van der Waals surface area contributed by atoms with E-state index in [9.17, 15) is 4.79 Å². The van der Waals surface area contributed by atoms with Crippen LogP contribution in [0.4, 0.5) is 5.13 Å². The van der Waals surface area contributed by atoms with Crippen LogP contribution in [0.3, 0.4) is 0 Å². The van der Waals surface area contributed by atoms with Crippen LogP contribution in [0.5, 0.6) is 0 Å². The van der Waals surface area contributed by atoms with Crippen LogP contribution in [0.2, 0.25) is 0 Å². The topological polar surface area (TPSA) is 63.9 Å². The van der Waals surface area contributed by atoms with Crippen LogP contribution in [-0.2, 0) is 10.5 Å². The largest absolute Gasteiger partial charge is 0.289 e. The average molecular weight is 400 g/mol. The summed E-state index contributed by atoms with van der Waals surface area (Å²) in [7, 11) is 0. The highest BCUT2D eigenvalue weighted by Gasteiger charge is 2.30. The van der Waals surface area contributed by atoms with Gasteiger partial charge in [-0.3, -0.25) is 9.69 Å². The number of thioether (sulfide) groups is 1. The van der Waals surface area contributed by atoms with Gasteiger partial charge in [-0.2, -0.15) is 0 Å². The minimum Gasteiger partial charge on any atom is -0.289 e. The second kappa shape index (κ2) is 7.82. The quantitative estimate of drug-likeness (QED) is 0.555. The first-order valence-corrected chi connectivity index (χ1v) is 10.9. The van der Waals surface area contributed by atoms with Gasteiger partial charge in [-0.05, 0) is 31.9 Å². The molecule has 0 aliphatic heterocycles. The lowest BCUT2D eigenvalue weighted by Gasteiger charge is -2.14. The third-order valence-corrected chi connectivity index (χ3v) is 6.16. The van der Waals surface area contributed by atoms with Gasteiger partial charge >= 0.3 is 0 Å². The van der Waals surface area contributed by atoms with Crippen molar-refractivity contribution in [3.63, 3.8) is 0 Å². The molecular weight excluding hydrogens is 378 g/mol. The number of anilines is 1. The Labute approximate surface area is 166 Å². The van der Waals surface area contributed by atoms with E-state index >= 15 is 0 Å². The molecule has 27 heavy (non-hydrogen) atoms. The zero-order chi connectivity index (χ0) is 18.8. The van der Waals surface area contributed by atoms with E-state index in [1.165, 1.54) is 24.2 Å². The van der Waals surface area contributed by atoms with Crippen molar-refractivity contribution in [2.45, 2.75) is 43.5 Å². The van der Waals surface area contributed by atoms with E-state index in [0.717, 1.165) is 27.5 Å². The number of hydrogen-bond donors (Lipinski definition) is 0. The number of carbonyl (C=O) groups is 1. The van der Waals surface area contributed by atoms with Crippen molar-refractivity contribution in [3.05, 3.63) is 47.2 Å². The summed E-state index contributed by atoms with van der Waals surface area (Å²) in [4.78, 5) is 22.7. The number of amides is 1. The van der Waals surface area contributed by atoms with Gasteiger partial charge in [-0.25, -0.2) is 14.6 Å². The molecule has 8 heteroatoms. The number of nitrogens with zero attached hydrogens (tertiary/aromatic N) is 5. The molecule has 0 saturated heterocycles. The van der Waals surface area contributed by atoms with Crippen LogP contribution in [0.1, 0.15) is 44.1 Å². The third-order valence-electron chi connectivity index (χ3n) is 4.37. The molecule has 0 bridgehead atoms. The molecule has 1 aliphatic carbocycles. The minimum atomic E-state index is 0.0170. The lowest BCUT2D eigenvalue weighted by molar-refractivity contribution is -0.116. The average Bonchev–Trinajstić information content (AvgIpc) is 3.26. The first kappa shape index (κ1) is 18.2. The standard InChI is InChI=1S/C19H21N5OS2/c1-3-23(13(2)25)19-20-15(12-27-19)11-26-18-21-17(14-9-10-14)24(22-18)16-7-5-4-6-8-16/h4-8,12,14H,3,9-11H2,1-2H3. The molecule has 1 saturated carbocycles. The number of benzene rings is 1. The van der Waals surface area contributed by atoms with E-state index in [0.29, 0.717) is 18.2 Å². The Morgan fingerprint density at radius 1 is 1.30 bits per heavy atom. The SMILES string of the molecule is CCN(C(C)=O)c1nc(CSc2nc(C3CC3)n(-c3ccccc3)n2)cs1. The van der Waals surface area contributed by atoms with Crippen LogP contribution in [-0.4, -0.2) is 32.2 Å². The molecule has 2 heterocycles. The van der Waals surface area contributed by atoms with E-state index in [1.54, 1.807) is 23.6 Å². The second-order valence-electron chi connectivity index (χ2n) is 6.45. The molecule has 1 aliphatic rings. The summed E-state index contributed by atoms with van der Waals surface area (Å²) in [6, 6.07) is 10.2. The van der Waals surface area contributed by atoms with Crippen molar-refractivity contribution < 1.29 is 4.79 Å². The molecule has 0 radical (unpaired) electrons. The lowest BCUT2D eigenvalue weighted by Crippen LogP contribution is -2.27. The summed E-state index contributed by atoms with van der Waals surface area (Å²) < 4.78 is 1.97. The maximum Gasteiger partial charge on any atom is 0.225 e. The van der Waals surface area contributed by atoms with E-state index < -0.39 is 0 Å². The van der Waals surface area contributed by atoms with Gasteiger partial charge < -0.3 is 0 Å². The fourth-order valence-electron chi connectivity index (χ4n) is 2.85. The van der Waals surface area contributed by atoms with Gasteiger partial charge in [-0.15, -0.1) is 16.4 Å². The van der Waals surface area contributed by atoms with Crippen molar-refractivity contribution in [3.8, 4) is 5.69 Å². The zero-order valence-corrected chi connectivity index (χ0v) is 17.0. The molecule has 3 aromatic rings. The monoisotopic (exact) mass is 399 g/mol. The van der Waals surface area contributed by atoms with Gasteiger partial charge in [0.05, 0.1) is 11.4 Å². The maximum atomic E-state index is 11.7. The number of para-hydroxylation sites is 1. The van der Waals surface area contributed by atoms with Gasteiger partial charge in [0.1, 0.15) is 5.82 Å². The Kier molecular flexibility index (Phi) is 5.27. The Morgan fingerprint density at radius 3 is 2.74 bits per heavy atom. The number of aromatic nitrogens is 4. The van der Waals surface area contributed by atoms with E-state index in [-0.39, 0.29) is 5.91 Å². The van der Waals surface area contributed by atoms with Crippen LogP contribution >= 0.6 is 23.1 Å². The van der Waals surface area contributed by atoms with Gasteiger partial charge in [-0.1, -0.05) is 30.0 Å². The van der Waals surface area contributed by atoms with E-state index in [4.69, 9.17) is 10.1 Å². The van der Waals surface area contributed by atoms with Gasteiger partial charge in [0.15, 0.2) is 5.13 Å². The van der Waals surface area contributed by atoms with Crippen molar-refractivity contribution in [1.82, 2.24) is 19.7 Å². The molecule has 6 nitrogen and oxygen atoms in total. The predicted octanol–water partition coefficient (Wildman–Crippen LogP) is 4.27. The van der Waals surface area contributed by atoms with Crippen molar-refractivity contribution >= 4 is 34.1 Å². The smallest absolute Gasteiger partial charge is 0.225 e. The number of thiazole rings is 1. The minimum absolute atomic E-state index is 0.0170. The molecule has 1 amide bonds. The van der Waals surface area contributed by atoms with Crippen LogP contribution in [0, 0.1) is 0 Å². The fourth-order valence-corrected chi connectivity index (χ4v) is 4.61. The predicted molar refractivity (Wildman–Crippen MR) is 109 cm³/mol. The first-order valence-electron chi connectivity index (χ1n) is 9.03. The lowest BCUT2D eigenvalue weighted by atomic mass is 10.3. The third kappa shape index (κ3) is 4.06. The van der Waals surface area contributed by atoms with E-state index in [2.05, 4.69) is 17.1 Å². The second-order valence-corrected chi connectivity index (χ2v) is 8.23. The highest BCUT2D eigenvalue weighted by molar-refractivity contribution is 7.98.